The zero-order valence-electron chi connectivity index (χ0n) is 13.7. The Hall–Kier alpha value is -1.89. The summed E-state index contributed by atoms with van der Waals surface area (Å²) in [5.41, 5.74) is 0.553. The number of carbonyl (C=O) groups is 2. The summed E-state index contributed by atoms with van der Waals surface area (Å²) in [6.07, 6.45) is 2.91. The molecule has 2 heterocycles. The molecule has 2 amide bonds. The molecule has 130 valence electrons. The maximum atomic E-state index is 12.4. The van der Waals surface area contributed by atoms with Crippen LogP contribution in [0.4, 0.5) is 5.69 Å². The molecule has 0 aromatic heterocycles. The zero-order valence-corrected chi connectivity index (χ0v) is 14.6. The van der Waals surface area contributed by atoms with Gasteiger partial charge in [-0.15, -0.1) is 0 Å². The first-order valence-electron chi connectivity index (χ1n) is 8.21. The van der Waals surface area contributed by atoms with Gasteiger partial charge in [-0.3, -0.25) is 9.59 Å². The smallest absolute Gasteiger partial charge is 0.251 e. The molecule has 24 heavy (non-hydrogen) atoms. The van der Waals surface area contributed by atoms with Gasteiger partial charge in [0, 0.05) is 24.2 Å². The molecule has 2 aliphatic heterocycles. The van der Waals surface area contributed by atoms with Gasteiger partial charge in [0.15, 0.2) is 9.84 Å². The summed E-state index contributed by atoms with van der Waals surface area (Å²) >= 11 is 0. The lowest BCUT2D eigenvalue weighted by Gasteiger charge is -2.27. The number of nitrogens with one attached hydrogen (secondary N) is 1. The summed E-state index contributed by atoms with van der Waals surface area (Å²) in [6, 6.07) is 6.90. The van der Waals surface area contributed by atoms with E-state index in [1.807, 2.05) is 0 Å². The van der Waals surface area contributed by atoms with Gasteiger partial charge in [-0.2, -0.15) is 0 Å². The number of benzene rings is 1. The number of carbonyl (C=O) groups excluding carboxylic acids is 2. The van der Waals surface area contributed by atoms with Gasteiger partial charge in [-0.05, 0) is 50.5 Å². The largest absolute Gasteiger partial charge is 0.346 e. The van der Waals surface area contributed by atoms with E-state index in [4.69, 9.17) is 0 Å². The van der Waals surface area contributed by atoms with Crippen molar-refractivity contribution in [3.63, 3.8) is 0 Å². The van der Waals surface area contributed by atoms with E-state index >= 15 is 0 Å². The normalized spacial score (nSPS) is 26.4. The van der Waals surface area contributed by atoms with Gasteiger partial charge in [-0.1, -0.05) is 0 Å². The highest BCUT2D eigenvalue weighted by molar-refractivity contribution is 7.91. The van der Waals surface area contributed by atoms with Crippen molar-refractivity contribution in [3.05, 3.63) is 29.8 Å². The Labute approximate surface area is 142 Å². The molecule has 7 heteroatoms. The number of hydrogen-bond acceptors (Lipinski definition) is 4. The molecule has 0 aliphatic carbocycles. The van der Waals surface area contributed by atoms with Crippen LogP contribution in [0.5, 0.6) is 0 Å². The second kappa shape index (κ2) is 6.20. The highest BCUT2D eigenvalue weighted by Gasteiger charge is 2.39. The van der Waals surface area contributed by atoms with Crippen LogP contribution in [0.25, 0.3) is 0 Å². The van der Waals surface area contributed by atoms with Gasteiger partial charge < -0.3 is 10.2 Å². The first kappa shape index (κ1) is 17.0. The minimum absolute atomic E-state index is 0.0217. The van der Waals surface area contributed by atoms with Crippen molar-refractivity contribution in [2.24, 2.45) is 0 Å². The molecule has 0 bridgehead atoms. The van der Waals surface area contributed by atoms with E-state index in [9.17, 15) is 18.0 Å². The minimum atomic E-state index is -3.07. The van der Waals surface area contributed by atoms with Crippen LogP contribution in [-0.2, 0) is 14.6 Å². The molecule has 6 nitrogen and oxygen atoms in total. The summed E-state index contributed by atoms with van der Waals surface area (Å²) < 4.78 is 23.3. The number of rotatable bonds is 3. The van der Waals surface area contributed by atoms with E-state index in [0.717, 1.165) is 18.5 Å². The molecule has 2 saturated heterocycles. The fraction of sp³-hybridized carbons (Fsp3) is 0.529. The van der Waals surface area contributed by atoms with Crippen LogP contribution in [0.1, 0.15) is 43.0 Å². The Bertz CT molecular complexity index is 757. The zero-order chi connectivity index (χ0) is 17.4. The second-order valence-corrected chi connectivity index (χ2v) is 9.09. The Morgan fingerprint density at radius 3 is 2.50 bits per heavy atom. The molecule has 0 spiro atoms. The Kier molecular flexibility index (Phi) is 4.38. The average molecular weight is 350 g/mol. The summed E-state index contributed by atoms with van der Waals surface area (Å²) in [5, 5.41) is 2.84. The molecular weight excluding hydrogens is 328 g/mol. The summed E-state index contributed by atoms with van der Waals surface area (Å²) in [6.45, 7) is 2.47. The van der Waals surface area contributed by atoms with Crippen molar-refractivity contribution < 1.29 is 18.0 Å². The molecule has 0 saturated carbocycles. The van der Waals surface area contributed by atoms with Gasteiger partial charge in [0.05, 0.1) is 17.0 Å². The molecule has 2 aliphatic rings. The standard InChI is InChI=1S/C17H22N2O4S/c1-17(9-11-24(22,23)12-17)18-16(21)13-5-7-14(8-6-13)19-10-3-2-4-15(19)20/h5-8H,2-4,9-12H2,1H3,(H,18,21)/t17-/m1/s1. The Morgan fingerprint density at radius 2 is 1.92 bits per heavy atom. The van der Waals surface area contributed by atoms with E-state index in [1.54, 1.807) is 36.1 Å². The van der Waals surface area contributed by atoms with Crippen LogP contribution in [0, 0.1) is 0 Å². The maximum Gasteiger partial charge on any atom is 0.251 e. The predicted molar refractivity (Wildman–Crippen MR) is 91.8 cm³/mol. The van der Waals surface area contributed by atoms with Crippen LogP contribution >= 0.6 is 0 Å². The first-order valence-corrected chi connectivity index (χ1v) is 10.0. The van der Waals surface area contributed by atoms with Crippen LogP contribution in [0.15, 0.2) is 24.3 Å². The van der Waals surface area contributed by atoms with Crippen molar-refractivity contribution in [2.75, 3.05) is 23.0 Å². The van der Waals surface area contributed by atoms with Crippen LogP contribution in [0.2, 0.25) is 0 Å². The lowest BCUT2D eigenvalue weighted by Crippen LogP contribution is -2.46. The Morgan fingerprint density at radius 1 is 1.21 bits per heavy atom. The molecule has 1 aromatic rings. The highest BCUT2D eigenvalue weighted by Crippen LogP contribution is 2.24. The SMILES string of the molecule is C[C@@]1(NC(=O)c2ccc(N3CCCCC3=O)cc2)CCS(=O)(=O)C1. The van der Waals surface area contributed by atoms with Gasteiger partial charge >= 0.3 is 0 Å². The van der Waals surface area contributed by atoms with E-state index in [0.29, 0.717) is 24.9 Å². The average Bonchev–Trinajstić information content (AvgIpc) is 2.81. The fourth-order valence-corrected chi connectivity index (χ4v) is 5.42. The monoisotopic (exact) mass is 350 g/mol. The summed E-state index contributed by atoms with van der Waals surface area (Å²) in [5.74, 6) is -0.0837. The van der Waals surface area contributed by atoms with Crippen molar-refractivity contribution >= 4 is 27.3 Å². The fourth-order valence-electron chi connectivity index (χ4n) is 3.33. The number of amides is 2. The molecule has 0 unspecified atom stereocenters. The molecule has 2 fully saturated rings. The minimum Gasteiger partial charge on any atom is -0.346 e. The molecule has 1 N–H and O–H groups in total. The molecule has 3 rings (SSSR count). The van der Waals surface area contributed by atoms with E-state index < -0.39 is 15.4 Å². The lowest BCUT2D eigenvalue weighted by molar-refractivity contribution is -0.119. The van der Waals surface area contributed by atoms with Gasteiger partial charge in [0.1, 0.15) is 0 Å². The second-order valence-electron chi connectivity index (χ2n) is 6.91. The van der Waals surface area contributed by atoms with Gasteiger partial charge in [0.25, 0.3) is 5.91 Å². The quantitative estimate of drug-likeness (QED) is 0.896. The number of nitrogens with zero attached hydrogens (tertiary/aromatic N) is 1. The van der Waals surface area contributed by atoms with Gasteiger partial charge in [0.2, 0.25) is 5.91 Å². The third-order valence-corrected chi connectivity index (χ3v) is 6.59. The van der Waals surface area contributed by atoms with Crippen molar-refractivity contribution in [3.8, 4) is 0 Å². The van der Waals surface area contributed by atoms with Crippen molar-refractivity contribution in [1.29, 1.82) is 0 Å². The number of hydrogen-bond donors (Lipinski definition) is 1. The topological polar surface area (TPSA) is 83.6 Å². The summed E-state index contributed by atoms with van der Waals surface area (Å²) in [4.78, 5) is 26.1. The van der Waals surface area contributed by atoms with Crippen LogP contribution < -0.4 is 10.2 Å². The Balaban J connectivity index is 1.69. The predicted octanol–water partition coefficient (Wildman–Crippen LogP) is 1.51. The maximum absolute atomic E-state index is 12.4. The van der Waals surface area contributed by atoms with Gasteiger partial charge in [-0.25, -0.2) is 8.42 Å². The lowest BCUT2D eigenvalue weighted by atomic mass is 10.0. The molecule has 1 aromatic carbocycles. The van der Waals surface area contributed by atoms with Crippen LogP contribution in [-0.4, -0.2) is 43.8 Å². The van der Waals surface area contributed by atoms with Crippen LogP contribution in [0.3, 0.4) is 0 Å². The number of anilines is 1. The van der Waals surface area contributed by atoms with Crippen molar-refractivity contribution in [2.45, 2.75) is 38.1 Å². The number of piperidine rings is 1. The third-order valence-electron chi connectivity index (χ3n) is 4.68. The van der Waals surface area contributed by atoms with E-state index in [-0.39, 0.29) is 23.3 Å². The van der Waals surface area contributed by atoms with Crippen molar-refractivity contribution in [1.82, 2.24) is 5.32 Å². The third kappa shape index (κ3) is 3.61. The molecule has 0 radical (unpaired) electrons. The number of sulfone groups is 1. The summed E-state index contributed by atoms with van der Waals surface area (Å²) in [7, 11) is -3.07. The first-order chi connectivity index (χ1) is 11.3. The molecular formula is C17H22N2O4S. The highest BCUT2D eigenvalue weighted by atomic mass is 32.2. The molecule has 1 atom stereocenters. The van der Waals surface area contributed by atoms with E-state index in [2.05, 4.69) is 5.32 Å². The van der Waals surface area contributed by atoms with E-state index in [1.165, 1.54) is 0 Å².